The number of piperazine rings is 1. The fourth-order valence-corrected chi connectivity index (χ4v) is 5.93. The van der Waals surface area contributed by atoms with E-state index in [1.54, 1.807) is 6.07 Å². The SMILES string of the molecule is CCN1CCN(c2ccc(C(N)=O)c([C@@H](C(=O)N3C[C@@H](C(F)F)[C@H]4OCC(=O)[C@H]43)C(C)(C)CC)c2)CC1. The normalized spacial score (nSPS) is 25.6. The first-order valence-corrected chi connectivity index (χ1v) is 13.1. The number of ketones is 1. The Morgan fingerprint density at radius 3 is 2.41 bits per heavy atom. The molecule has 2 N–H and O–H groups in total. The number of primary amides is 1. The number of likely N-dealkylation sites (N-methyl/N-ethyl adjacent to an activating group) is 1. The number of likely N-dealkylation sites (tertiary alicyclic amines) is 1. The van der Waals surface area contributed by atoms with Gasteiger partial charge in [0.25, 0.3) is 0 Å². The largest absolute Gasteiger partial charge is 0.369 e. The number of benzene rings is 1. The summed E-state index contributed by atoms with van der Waals surface area (Å²) < 4.78 is 33.1. The van der Waals surface area contributed by atoms with Crippen LogP contribution in [0, 0.1) is 11.3 Å². The Hall–Kier alpha value is -2.59. The standard InChI is InChI=1S/C27H38F2N4O4/c1-5-27(3,4)21(26(36)33-14-19(24(28)29)23-22(33)20(34)15-37-23)18-13-16(7-8-17(18)25(30)35)32-11-9-31(6-2)10-12-32/h7-8,13,19,21-24H,5-6,9-12,14-15H2,1-4H3,(H2,30,35)/t19-,21+,22-,23-/m1/s1. The third-order valence-electron chi connectivity index (χ3n) is 8.57. The number of alkyl halides is 2. The average molecular weight is 521 g/mol. The van der Waals surface area contributed by atoms with E-state index in [0.29, 0.717) is 12.0 Å². The van der Waals surface area contributed by atoms with Crippen LogP contribution < -0.4 is 10.6 Å². The van der Waals surface area contributed by atoms with Crippen molar-refractivity contribution in [3.8, 4) is 0 Å². The summed E-state index contributed by atoms with van der Waals surface area (Å²) >= 11 is 0. The maximum atomic E-state index is 14.3. The average Bonchev–Trinajstić information content (AvgIpc) is 3.44. The number of fused-ring (bicyclic) bond motifs is 1. The van der Waals surface area contributed by atoms with Crippen LogP contribution in [0.15, 0.2) is 18.2 Å². The third kappa shape index (κ3) is 5.10. The molecule has 3 heterocycles. The second-order valence-electron chi connectivity index (χ2n) is 11.0. The van der Waals surface area contributed by atoms with E-state index in [1.807, 2.05) is 32.9 Å². The van der Waals surface area contributed by atoms with Gasteiger partial charge in [-0.3, -0.25) is 14.4 Å². The van der Waals surface area contributed by atoms with E-state index in [2.05, 4.69) is 16.7 Å². The third-order valence-corrected chi connectivity index (χ3v) is 8.57. The number of anilines is 1. The van der Waals surface area contributed by atoms with Crippen molar-refractivity contribution in [2.75, 3.05) is 50.8 Å². The lowest BCUT2D eigenvalue weighted by atomic mass is 9.71. The highest BCUT2D eigenvalue weighted by atomic mass is 19.3. The van der Waals surface area contributed by atoms with Gasteiger partial charge < -0.3 is 25.2 Å². The number of ether oxygens (including phenoxy) is 1. The molecular weight excluding hydrogens is 482 g/mol. The maximum absolute atomic E-state index is 14.3. The minimum absolute atomic E-state index is 0.228. The molecule has 4 atom stereocenters. The van der Waals surface area contributed by atoms with E-state index in [0.717, 1.165) is 38.4 Å². The van der Waals surface area contributed by atoms with Gasteiger partial charge in [0, 0.05) is 44.0 Å². The maximum Gasteiger partial charge on any atom is 0.249 e. The van der Waals surface area contributed by atoms with Crippen molar-refractivity contribution in [2.24, 2.45) is 17.1 Å². The summed E-state index contributed by atoms with van der Waals surface area (Å²) in [4.78, 5) is 45.3. The molecule has 10 heteroatoms. The summed E-state index contributed by atoms with van der Waals surface area (Å²) in [5, 5.41) is 0. The fraction of sp³-hybridized carbons (Fsp3) is 0.667. The van der Waals surface area contributed by atoms with Gasteiger partial charge in [-0.15, -0.1) is 0 Å². The van der Waals surface area contributed by atoms with Crippen LogP contribution in [0.1, 0.15) is 56.0 Å². The molecule has 0 saturated carbocycles. The van der Waals surface area contributed by atoms with E-state index < -0.39 is 47.6 Å². The highest BCUT2D eigenvalue weighted by Gasteiger charge is 2.56. The van der Waals surface area contributed by atoms with Gasteiger partial charge in [-0.2, -0.15) is 0 Å². The van der Waals surface area contributed by atoms with Crippen LogP contribution in [-0.2, 0) is 14.3 Å². The Morgan fingerprint density at radius 2 is 1.84 bits per heavy atom. The van der Waals surface area contributed by atoms with Crippen molar-refractivity contribution in [1.82, 2.24) is 9.80 Å². The molecule has 3 fully saturated rings. The number of carbonyl (C=O) groups is 3. The zero-order chi connectivity index (χ0) is 27.1. The smallest absolute Gasteiger partial charge is 0.249 e. The van der Waals surface area contributed by atoms with Crippen LogP contribution in [0.5, 0.6) is 0 Å². The number of amides is 2. The number of halogens is 2. The molecule has 0 spiro atoms. The van der Waals surface area contributed by atoms with Crippen LogP contribution in [-0.4, -0.2) is 91.8 Å². The van der Waals surface area contributed by atoms with Crippen molar-refractivity contribution in [3.05, 3.63) is 29.3 Å². The second kappa shape index (κ2) is 10.6. The van der Waals surface area contributed by atoms with Crippen LogP contribution in [0.2, 0.25) is 0 Å². The quantitative estimate of drug-likeness (QED) is 0.566. The molecule has 2 amide bonds. The first-order chi connectivity index (χ1) is 17.5. The molecule has 0 aromatic heterocycles. The van der Waals surface area contributed by atoms with Crippen molar-refractivity contribution >= 4 is 23.3 Å². The van der Waals surface area contributed by atoms with Gasteiger partial charge in [-0.25, -0.2) is 8.78 Å². The number of carbonyl (C=O) groups excluding carboxylic acids is 3. The highest BCUT2D eigenvalue weighted by Crippen LogP contribution is 2.45. The number of hydrogen-bond acceptors (Lipinski definition) is 6. The molecule has 37 heavy (non-hydrogen) atoms. The molecule has 3 saturated heterocycles. The highest BCUT2D eigenvalue weighted by molar-refractivity contribution is 5.99. The predicted molar refractivity (Wildman–Crippen MR) is 136 cm³/mol. The molecule has 4 rings (SSSR count). The predicted octanol–water partition coefficient (Wildman–Crippen LogP) is 2.51. The molecule has 0 aliphatic carbocycles. The van der Waals surface area contributed by atoms with Gasteiger partial charge in [0.15, 0.2) is 5.78 Å². The molecule has 1 aromatic rings. The Labute approximate surface area is 217 Å². The Balaban J connectivity index is 1.76. The van der Waals surface area contributed by atoms with Gasteiger partial charge in [-0.05, 0) is 42.1 Å². The lowest BCUT2D eigenvalue weighted by molar-refractivity contribution is -0.140. The number of Topliss-reactive ketones (excluding diaryl/α,β-unsaturated/α-hetero) is 1. The number of hydrogen-bond donors (Lipinski definition) is 1. The number of rotatable bonds is 8. The van der Waals surface area contributed by atoms with Gasteiger partial charge in [0.1, 0.15) is 12.6 Å². The Kier molecular flexibility index (Phi) is 7.90. The zero-order valence-corrected chi connectivity index (χ0v) is 22.1. The van der Waals surface area contributed by atoms with Crippen molar-refractivity contribution in [1.29, 1.82) is 0 Å². The minimum atomic E-state index is -2.72. The van der Waals surface area contributed by atoms with E-state index in [4.69, 9.17) is 10.5 Å². The Morgan fingerprint density at radius 1 is 1.16 bits per heavy atom. The molecule has 204 valence electrons. The van der Waals surface area contributed by atoms with E-state index in [1.165, 1.54) is 4.90 Å². The molecule has 3 aliphatic heterocycles. The van der Waals surface area contributed by atoms with Crippen molar-refractivity contribution in [2.45, 2.75) is 58.6 Å². The molecule has 0 radical (unpaired) electrons. The fourth-order valence-electron chi connectivity index (χ4n) is 5.93. The molecule has 8 nitrogen and oxygen atoms in total. The van der Waals surface area contributed by atoms with Crippen molar-refractivity contribution in [3.63, 3.8) is 0 Å². The number of nitrogens with two attached hydrogens (primary N) is 1. The van der Waals surface area contributed by atoms with Gasteiger partial charge in [0.05, 0.1) is 17.9 Å². The van der Waals surface area contributed by atoms with Gasteiger partial charge >= 0.3 is 0 Å². The monoisotopic (exact) mass is 520 g/mol. The summed E-state index contributed by atoms with van der Waals surface area (Å²) in [7, 11) is 0. The summed E-state index contributed by atoms with van der Waals surface area (Å²) in [5.41, 5.74) is 6.70. The lowest BCUT2D eigenvalue weighted by Crippen LogP contribution is -2.47. The first-order valence-electron chi connectivity index (χ1n) is 13.1. The van der Waals surface area contributed by atoms with Gasteiger partial charge in [-0.1, -0.05) is 27.7 Å². The van der Waals surface area contributed by atoms with Crippen molar-refractivity contribution < 1.29 is 27.9 Å². The molecular formula is C27H38F2N4O4. The van der Waals surface area contributed by atoms with Crippen LogP contribution in [0.3, 0.4) is 0 Å². The van der Waals surface area contributed by atoms with Gasteiger partial charge in [0.2, 0.25) is 18.2 Å². The topological polar surface area (TPSA) is 96.2 Å². The summed E-state index contributed by atoms with van der Waals surface area (Å²) in [5.74, 6) is -3.57. The second-order valence-corrected chi connectivity index (χ2v) is 11.0. The Bertz CT molecular complexity index is 1040. The molecule has 0 unspecified atom stereocenters. The lowest BCUT2D eigenvalue weighted by Gasteiger charge is -2.39. The summed E-state index contributed by atoms with van der Waals surface area (Å²) in [6.07, 6.45) is -3.16. The van der Waals surface area contributed by atoms with E-state index in [9.17, 15) is 23.2 Å². The number of nitrogens with zero attached hydrogens (tertiary/aromatic N) is 3. The minimum Gasteiger partial charge on any atom is -0.369 e. The van der Waals surface area contributed by atoms with E-state index >= 15 is 0 Å². The van der Waals surface area contributed by atoms with Crippen LogP contribution in [0.4, 0.5) is 14.5 Å². The van der Waals surface area contributed by atoms with Crippen LogP contribution >= 0.6 is 0 Å². The molecule has 1 aromatic carbocycles. The zero-order valence-electron chi connectivity index (χ0n) is 22.1. The summed E-state index contributed by atoms with van der Waals surface area (Å²) in [6, 6.07) is 4.32. The van der Waals surface area contributed by atoms with Crippen LogP contribution in [0.25, 0.3) is 0 Å². The first kappa shape index (κ1) is 27.4. The molecule has 0 bridgehead atoms. The van der Waals surface area contributed by atoms with E-state index in [-0.39, 0.29) is 24.5 Å². The molecule has 3 aliphatic rings. The summed E-state index contributed by atoms with van der Waals surface area (Å²) in [6.45, 7) is 11.7.